The number of hydrogen-bond acceptors (Lipinski definition) is 3. The van der Waals surface area contributed by atoms with Crippen LogP contribution in [0.3, 0.4) is 0 Å². The van der Waals surface area contributed by atoms with E-state index in [-0.39, 0.29) is 5.91 Å². The zero-order chi connectivity index (χ0) is 14.3. The van der Waals surface area contributed by atoms with Gasteiger partial charge in [0.15, 0.2) is 5.69 Å². The molecule has 0 saturated carbocycles. The first-order chi connectivity index (χ1) is 9.59. The van der Waals surface area contributed by atoms with E-state index in [1.54, 1.807) is 4.90 Å². The standard InChI is InChI=1S/C15H18N4O/c1-9-10(2)17-18-14(9)15(20)19-8-4-5-11-12(16)6-3-7-13(11)19/h3,6-7H,4-5,8,16H2,1-2H3,(H,17,18). The molecule has 0 radical (unpaired) electrons. The summed E-state index contributed by atoms with van der Waals surface area (Å²) in [6, 6.07) is 5.73. The predicted molar refractivity (Wildman–Crippen MR) is 78.9 cm³/mol. The van der Waals surface area contributed by atoms with Gasteiger partial charge < -0.3 is 10.6 Å². The minimum absolute atomic E-state index is 0.0570. The number of hydrogen-bond donors (Lipinski definition) is 2. The van der Waals surface area contributed by atoms with E-state index >= 15 is 0 Å². The van der Waals surface area contributed by atoms with E-state index in [4.69, 9.17) is 5.73 Å². The second-order valence-corrected chi connectivity index (χ2v) is 5.23. The molecule has 3 N–H and O–H groups in total. The zero-order valence-corrected chi connectivity index (χ0v) is 11.7. The van der Waals surface area contributed by atoms with E-state index in [1.807, 2.05) is 32.0 Å². The maximum absolute atomic E-state index is 12.7. The predicted octanol–water partition coefficient (Wildman–Crippen LogP) is 2.20. The molecule has 1 aliphatic rings. The molecular weight excluding hydrogens is 252 g/mol. The molecule has 0 aliphatic carbocycles. The molecule has 1 aromatic carbocycles. The average molecular weight is 270 g/mol. The largest absolute Gasteiger partial charge is 0.398 e. The van der Waals surface area contributed by atoms with Crippen LogP contribution in [0.1, 0.15) is 33.7 Å². The molecule has 0 atom stereocenters. The summed E-state index contributed by atoms with van der Waals surface area (Å²) in [5.74, 6) is -0.0570. The quantitative estimate of drug-likeness (QED) is 0.780. The molecule has 0 saturated heterocycles. The van der Waals surface area contributed by atoms with Crippen LogP contribution in [-0.2, 0) is 6.42 Å². The van der Waals surface area contributed by atoms with Gasteiger partial charge >= 0.3 is 0 Å². The number of carbonyl (C=O) groups excluding carboxylic acids is 1. The molecule has 20 heavy (non-hydrogen) atoms. The smallest absolute Gasteiger partial charge is 0.279 e. The van der Waals surface area contributed by atoms with Gasteiger partial charge in [-0.3, -0.25) is 9.89 Å². The van der Waals surface area contributed by atoms with Gasteiger partial charge in [0, 0.05) is 29.2 Å². The molecule has 0 bridgehead atoms. The van der Waals surface area contributed by atoms with E-state index < -0.39 is 0 Å². The van der Waals surface area contributed by atoms with Crippen molar-refractivity contribution in [2.24, 2.45) is 0 Å². The number of aromatic amines is 1. The van der Waals surface area contributed by atoms with Gasteiger partial charge in [-0.05, 0) is 44.4 Å². The molecule has 1 amide bonds. The summed E-state index contributed by atoms with van der Waals surface area (Å²) in [7, 11) is 0. The Hall–Kier alpha value is -2.30. The second-order valence-electron chi connectivity index (χ2n) is 5.23. The van der Waals surface area contributed by atoms with Crippen LogP contribution in [0.4, 0.5) is 11.4 Å². The molecule has 1 aromatic heterocycles. The summed E-state index contributed by atoms with van der Waals surface area (Å²) in [5, 5.41) is 7.01. The minimum Gasteiger partial charge on any atom is -0.398 e. The second kappa shape index (κ2) is 4.67. The Kier molecular flexibility index (Phi) is 2.97. The van der Waals surface area contributed by atoms with Gasteiger partial charge in [-0.25, -0.2) is 0 Å². The lowest BCUT2D eigenvalue weighted by atomic mass is 9.99. The lowest BCUT2D eigenvalue weighted by molar-refractivity contribution is 0.0980. The third-order valence-electron chi connectivity index (χ3n) is 3.99. The van der Waals surface area contributed by atoms with Crippen molar-refractivity contribution < 1.29 is 4.79 Å². The van der Waals surface area contributed by atoms with Gasteiger partial charge in [-0.1, -0.05) is 6.07 Å². The maximum Gasteiger partial charge on any atom is 0.279 e. The monoisotopic (exact) mass is 270 g/mol. The number of aromatic nitrogens is 2. The van der Waals surface area contributed by atoms with Crippen molar-refractivity contribution in [2.45, 2.75) is 26.7 Å². The number of H-pyrrole nitrogens is 1. The first-order valence-electron chi connectivity index (χ1n) is 6.80. The summed E-state index contributed by atoms with van der Waals surface area (Å²) >= 11 is 0. The van der Waals surface area contributed by atoms with E-state index in [1.165, 1.54) is 0 Å². The molecule has 0 unspecified atom stereocenters. The summed E-state index contributed by atoms with van der Waals surface area (Å²) in [4.78, 5) is 14.5. The number of rotatable bonds is 1. The Morgan fingerprint density at radius 1 is 1.40 bits per heavy atom. The Bertz CT molecular complexity index is 675. The molecule has 0 fully saturated rings. The third kappa shape index (κ3) is 1.86. The van der Waals surface area contributed by atoms with Crippen LogP contribution in [0.5, 0.6) is 0 Å². The Balaban J connectivity index is 2.03. The lowest BCUT2D eigenvalue weighted by Gasteiger charge is -2.29. The molecule has 2 heterocycles. The van der Waals surface area contributed by atoms with Crippen LogP contribution in [0, 0.1) is 13.8 Å². The number of aryl methyl sites for hydroxylation is 1. The number of benzene rings is 1. The fourth-order valence-corrected chi connectivity index (χ4v) is 2.68. The molecular formula is C15H18N4O. The zero-order valence-electron chi connectivity index (χ0n) is 11.7. The third-order valence-corrected chi connectivity index (χ3v) is 3.99. The van der Waals surface area contributed by atoms with E-state index in [2.05, 4.69) is 10.2 Å². The van der Waals surface area contributed by atoms with Gasteiger partial charge in [0.25, 0.3) is 5.91 Å². The van der Waals surface area contributed by atoms with Crippen molar-refractivity contribution in [3.05, 3.63) is 40.7 Å². The number of nitrogens with two attached hydrogens (primary N) is 1. The number of fused-ring (bicyclic) bond motifs is 1. The van der Waals surface area contributed by atoms with E-state index in [0.29, 0.717) is 12.2 Å². The van der Waals surface area contributed by atoms with Crippen molar-refractivity contribution in [3.63, 3.8) is 0 Å². The van der Waals surface area contributed by atoms with Crippen molar-refractivity contribution in [1.82, 2.24) is 10.2 Å². The van der Waals surface area contributed by atoms with Gasteiger partial charge in [-0.2, -0.15) is 5.10 Å². The number of carbonyl (C=O) groups is 1. The lowest BCUT2D eigenvalue weighted by Crippen LogP contribution is -2.36. The van der Waals surface area contributed by atoms with Crippen molar-refractivity contribution in [1.29, 1.82) is 0 Å². The summed E-state index contributed by atoms with van der Waals surface area (Å²) < 4.78 is 0. The molecule has 0 spiro atoms. The highest BCUT2D eigenvalue weighted by atomic mass is 16.2. The SMILES string of the molecule is Cc1[nH]nc(C(=O)N2CCCc3c(N)cccc32)c1C. The number of nitrogens with one attached hydrogen (secondary N) is 1. The molecule has 5 nitrogen and oxygen atoms in total. The highest BCUT2D eigenvalue weighted by molar-refractivity contribution is 6.06. The van der Waals surface area contributed by atoms with Gasteiger partial charge in [0.1, 0.15) is 0 Å². The number of nitrogen functional groups attached to an aromatic ring is 1. The first kappa shape index (κ1) is 12.7. The molecule has 1 aliphatic heterocycles. The highest BCUT2D eigenvalue weighted by Gasteiger charge is 2.27. The normalized spacial score (nSPS) is 14.2. The van der Waals surface area contributed by atoms with Crippen molar-refractivity contribution in [3.8, 4) is 0 Å². The average Bonchev–Trinajstić information content (AvgIpc) is 2.78. The Morgan fingerprint density at radius 2 is 2.20 bits per heavy atom. The van der Waals surface area contributed by atoms with E-state index in [9.17, 15) is 4.79 Å². The first-order valence-corrected chi connectivity index (χ1v) is 6.80. The van der Waals surface area contributed by atoms with Gasteiger partial charge in [-0.15, -0.1) is 0 Å². The highest BCUT2D eigenvalue weighted by Crippen LogP contribution is 2.32. The van der Waals surface area contributed by atoms with Crippen LogP contribution in [0.25, 0.3) is 0 Å². The fraction of sp³-hybridized carbons (Fsp3) is 0.333. The fourth-order valence-electron chi connectivity index (χ4n) is 2.68. The van der Waals surface area contributed by atoms with Gasteiger partial charge in [0.2, 0.25) is 0 Å². The van der Waals surface area contributed by atoms with Crippen molar-refractivity contribution >= 4 is 17.3 Å². The maximum atomic E-state index is 12.7. The van der Waals surface area contributed by atoms with Crippen LogP contribution in [-0.4, -0.2) is 22.6 Å². The van der Waals surface area contributed by atoms with Gasteiger partial charge in [0.05, 0.1) is 0 Å². The van der Waals surface area contributed by atoms with Crippen LogP contribution >= 0.6 is 0 Å². The van der Waals surface area contributed by atoms with Crippen LogP contribution in [0.15, 0.2) is 18.2 Å². The minimum atomic E-state index is -0.0570. The molecule has 3 rings (SSSR count). The number of anilines is 2. The summed E-state index contributed by atoms with van der Waals surface area (Å²) in [6.07, 6.45) is 1.85. The summed E-state index contributed by atoms with van der Waals surface area (Å²) in [6.45, 7) is 4.54. The molecule has 5 heteroatoms. The van der Waals surface area contributed by atoms with Crippen LogP contribution in [0.2, 0.25) is 0 Å². The Labute approximate surface area is 117 Å². The van der Waals surface area contributed by atoms with E-state index in [0.717, 1.165) is 41.0 Å². The molecule has 104 valence electrons. The number of amides is 1. The number of nitrogens with zero attached hydrogens (tertiary/aromatic N) is 2. The molecule has 2 aromatic rings. The topological polar surface area (TPSA) is 75.0 Å². The van der Waals surface area contributed by atoms with Crippen LogP contribution < -0.4 is 10.6 Å². The Morgan fingerprint density at radius 3 is 2.90 bits per heavy atom. The van der Waals surface area contributed by atoms with Crippen molar-refractivity contribution in [2.75, 3.05) is 17.2 Å². The summed E-state index contributed by atoms with van der Waals surface area (Å²) in [5.41, 5.74) is 11.1.